The van der Waals surface area contributed by atoms with Gasteiger partial charge in [0.2, 0.25) is 0 Å². The van der Waals surface area contributed by atoms with Crippen LogP contribution in [0, 0.1) is 7.14 Å². The van der Waals surface area contributed by atoms with Crippen LogP contribution in [0.1, 0.15) is 49.9 Å². The topological polar surface area (TPSA) is 225 Å². The number of halogens is 2. The maximum absolute atomic E-state index is 12.3. The molecule has 0 saturated heterocycles. The van der Waals surface area contributed by atoms with E-state index in [1.54, 1.807) is 0 Å². The van der Waals surface area contributed by atoms with Gasteiger partial charge in [-0.3, -0.25) is 0 Å². The molecular weight excluding hydrogens is 929 g/mol. The number of nitrogens with one attached hydrogen (secondary N) is 2. The van der Waals surface area contributed by atoms with E-state index in [1.165, 1.54) is 0 Å². The van der Waals surface area contributed by atoms with Gasteiger partial charge in [-0.15, -0.1) is 0 Å². The molecule has 0 atom stereocenters. The molecule has 2 aromatic rings. The van der Waals surface area contributed by atoms with Crippen LogP contribution in [0.5, 0.6) is 0 Å². The van der Waals surface area contributed by atoms with Crippen LogP contribution < -0.4 is 31.1 Å². The van der Waals surface area contributed by atoms with E-state index in [2.05, 4.69) is 55.8 Å². The molecule has 0 fully saturated rings. The number of rotatable bonds is 14. The smallest absolute Gasteiger partial charge is 0.322 e. The van der Waals surface area contributed by atoms with Crippen molar-refractivity contribution in [3.63, 3.8) is 0 Å². The van der Waals surface area contributed by atoms with Gasteiger partial charge in [0, 0.05) is 38.6 Å². The summed E-state index contributed by atoms with van der Waals surface area (Å²) in [5.41, 5.74) is 4.79. The average molecular weight is 963 g/mol. The largest absolute Gasteiger partial charge is 0.548 e. The Hall–Kier alpha value is -3.03. The molecule has 14 nitrogen and oxygen atoms in total. The zero-order valence-corrected chi connectivity index (χ0v) is 32.3. The van der Waals surface area contributed by atoms with Crippen LogP contribution in [0.4, 0.5) is 21.0 Å². The number of hydrogen-bond acceptors (Lipinski definition) is 10. The molecule has 0 spiro atoms. The summed E-state index contributed by atoms with van der Waals surface area (Å²) in [6, 6.07) is 5.99. The molecule has 0 aliphatic heterocycles. The van der Waals surface area contributed by atoms with E-state index in [1.807, 2.05) is 52.0 Å². The number of urea groups is 2. The quantitative estimate of drug-likeness (QED) is 0.231. The fraction of sp³-hybridized carbons (Fsp3) is 0.400. The van der Waals surface area contributed by atoms with Crippen molar-refractivity contribution in [3.05, 3.63) is 53.7 Å². The van der Waals surface area contributed by atoms with Gasteiger partial charge in [-0.1, -0.05) is 39.8 Å². The summed E-state index contributed by atoms with van der Waals surface area (Å²) in [5.74, 6) is -6.18. The van der Waals surface area contributed by atoms with Crippen LogP contribution in [0.15, 0.2) is 24.3 Å². The molecule has 259 valence electrons. The molecule has 0 saturated carbocycles. The minimum atomic E-state index is -1.55. The van der Waals surface area contributed by atoms with Crippen molar-refractivity contribution < 1.29 is 69.3 Å². The van der Waals surface area contributed by atoms with Crippen LogP contribution >= 0.6 is 45.2 Å². The van der Waals surface area contributed by atoms with E-state index in [-0.39, 0.29) is 20.1 Å². The molecule has 0 heterocycles. The van der Waals surface area contributed by atoms with Crippen molar-refractivity contribution in [3.8, 4) is 0 Å². The van der Waals surface area contributed by atoms with Crippen LogP contribution in [0.3, 0.4) is 0 Å². The molecule has 2 rings (SSSR count). The first-order valence-corrected chi connectivity index (χ1v) is 16.3. The van der Waals surface area contributed by atoms with Gasteiger partial charge < -0.3 is 60.0 Å². The van der Waals surface area contributed by atoms with Crippen molar-refractivity contribution >= 4 is 92.5 Å². The summed E-state index contributed by atoms with van der Waals surface area (Å²) in [4.78, 5) is 68.6. The van der Waals surface area contributed by atoms with E-state index in [0.717, 1.165) is 29.4 Å². The number of aliphatic carboxylic acids is 4. The standard InChI is InChI=1S/2C15H19IN2O5.Tc/c2*1-3-9-5-6-11(16)10(4-2)14(9)17-15(23)18(7-12(19)20)8-13(21)22;/h2*5-6H,3-4,7-8H2,1-2H3,(H,17,23)(H,19,20)(H,21,22);/p-4/i;;1+1. The van der Waals surface area contributed by atoms with Gasteiger partial charge in [0.05, 0.1) is 50.1 Å². The third-order valence-electron chi connectivity index (χ3n) is 6.47. The predicted molar refractivity (Wildman–Crippen MR) is 177 cm³/mol. The van der Waals surface area contributed by atoms with Crippen molar-refractivity contribution in [1.82, 2.24) is 9.80 Å². The van der Waals surface area contributed by atoms with Gasteiger partial charge in [0.15, 0.2) is 0 Å². The Morgan fingerprint density at radius 3 is 1.04 bits per heavy atom. The minimum absolute atomic E-state index is 0. The molecule has 0 aromatic heterocycles. The van der Waals surface area contributed by atoms with Crippen LogP contribution in [0.25, 0.3) is 0 Å². The molecular formula is C30H34I2N4O10Tc-4. The van der Waals surface area contributed by atoms with Gasteiger partial charge in [0.25, 0.3) is 0 Å². The third kappa shape index (κ3) is 14.3. The second-order valence-electron chi connectivity index (χ2n) is 9.59. The first-order valence-electron chi connectivity index (χ1n) is 14.1. The number of carboxylic acid groups (broad SMARTS) is 4. The molecule has 2 N–H and O–H groups in total. The molecule has 0 bridgehead atoms. The summed E-state index contributed by atoms with van der Waals surface area (Å²) in [6.45, 7) is 4.42. The molecule has 0 aliphatic carbocycles. The predicted octanol–water partition coefficient (Wildman–Crippen LogP) is -0.503. The zero-order chi connectivity index (χ0) is 35.1. The number of hydrogen-bond donors (Lipinski definition) is 2. The Kier molecular flexibility index (Phi) is 20.4. The Morgan fingerprint density at radius 1 is 0.553 bits per heavy atom. The van der Waals surface area contributed by atoms with Crippen LogP contribution in [-0.4, -0.2) is 71.9 Å². The third-order valence-corrected chi connectivity index (χ3v) is 8.49. The summed E-state index contributed by atoms with van der Waals surface area (Å²) < 4.78 is 1.92. The number of aryl methyl sites for hydroxylation is 2. The molecule has 0 unspecified atom stereocenters. The van der Waals surface area contributed by atoms with E-state index >= 15 is 0 Å². The molecule has 4 amide bonds. The number of amides is 4. The van der Waals surface area contributed by atoms with E-state index in [0.29, 0.717) is 46.9 Å². The Bertz CT molecular complexity index is 1320. The maximum Gasteiger partial charge on any atom is 0.322 e. The van der Waals surface area contributed by atoms with Crippen molar-refractivity contribution in [2.24, 2.45) is 0 Å². The summed E-state index contributed by atoms with van der Waals surface area (Å²) >= 11 is 4.30. The Balaban J connectivity index is 0.000000882. The summed E-state index contributed by atoms with van der Waals surface area (Å²) in [5, 5.41) is 48.1. The Labute approximate surface area is 313 Å². The van der Waals surface area contributed by atoms with Gasteiger partial charge in [-0.05, 0) is 105 Å². The minimum Gasteiger partial charge on any atom is -0.548 e. The van der Waals surface area contributed by atoms with Gasteiger partial charge >= 0.3 is 12.1 Å². The van der Waals surface area contributed by atoms with Crippen LogP contribution in [-0.2, 0) is 65.0 Å². The number of anilines is 2. The fourth-order valence-corrected chi connectivity index (χ4v) is 5.99. The van der Waals surface area contributed by atoms with Crippen LogP contribution in [0.2, 0.25) is 0 Å². The second-order valence-corrected chi connectivity index (χ2v) is 11.9. The molecule has 17 heteroatoms. The average Bonchev–Trinajstić information content (AvgIpc) is 2.96. The summed E-state index contributed by atoms with van der Waals surface area (Å²) in [7, 11) is 0. The SMILES string of the molecule is CCc1ccc(I)c(CC)c1NC(=O)N(CC(=O)[O-])CC(=O)[O-].CCc1ccc(I)c(CC)c1NC(=O)N(CC(=O)[O-])CC(=O)[O-].[99Tc]. The monoisotopic (exact) mass is 963 g/mol. The van der Waals surface area contributed by atoms with Crippen molar-refractivity contribution in [2.75, 3.05) is 36.8 Å². The number of benzene rings is 2. The molecule has 1 radical (unpaired) electrons. The Morgan fingerprint density at radius 2 is 0.830 bits per heavy atom. The number of carbonyl (C=O) groups is 6. The van der Waals surface area contributed by atoms with Crippen molar-refractivity contribution in [2.45, 2.75) is 53.4 Å². The molecule has 0 aliphatic rings. The van der Waals surface area contributed by atoms with E-state index in [4.69, 9.17) is 0 Å². The molecule has 47 heavy (non-hydrogen) atoms. The summed E-state index contributed by atoms with van der Waals surface area (Å²) in [6.07, 6.45) is 2.67. The first kappa shape index (κ1) is 44.0. The van der Waals surface area contributed by atoms with Crippen molar-refractivity contribution in [1.29, 1.82) is 0 Å². The van der Waals surface area contributed by atoms with Gasteiger partial charge in [0.1, 0.15) is 0 Å². The first-order chi connectivity index (χ1) is 21.6. The number of carbonyl (C=O) groups excluding carboxylic acids is 6. The molecule has 2 aromatic carbocycles. The number of carboxylic acids is 4. The van der Waals surface area contributed by atoms with E-state index in [9.17, 15) is 49.2 Å². The maximum atomic E-state index is 12.3. The van der Waals surface area contributed by atoms with E-state index < -0.39 is 62.1 Å². The van der Waals surface area contributed by atoms with Gasteiger partial charge in [-0.2, -0.15) is 0 Å². The second kappa shape index (κ2) is 21.8. The zero-order valence-electron chi connectivity index (χ0n) is 26.1. The van der Waals surface area contributed by atoms with Gasteiger partial charge in [-0.25, -0.2) is 9.59 Å². The normalized spacial score (nSPS) is 10.0. The number of nitrogens with zero attached hydrogens (tertiary/aromatic N) is 2. The fourth-order valence-electron chi connectivity index (χ4n) is 4.33.